The molecule has 0 saturated carbocycles. The Labute approximate surface area is 150 Å². The van der Waals surface area contributed by atoms with Crippen molar-refractivity contribution in [1.82, 2.24) is 4.90 Å². The summed E-state index contributed by atoms with van der Waals surface area (Å²) in [4.78, 5) is 1.92. The van der Waals surface area contributed by atoms with Gasteiger partial charge in [0.15, 0.2) is 0 Å². The molecule has 6 heteroatoms. The van der Waals surface area contributed by atoms with Crippen LogP contribution in [0.4, 0.5) is 8.78 Å². The van der Waals surface area contributed by atoms with Gasteiger partial charge < -0.3 is 9.84 Å². The van der Waals surface area contributed by atoms with E-state index in [4.69, 9.17) is 16.3 Å². The Hall–Kier alpha value is -1.69. The van der Waals surface area contributed by atoms with E-state index in [1.54, 1.807) is 24.3 Å². The molecule has 0 radical (unpaired) electrons. The first-order valence-electron chi connectivity index (χ1n) is 8.21. The third kappa shape index (κ3) is 4.91. The topological polar surface area (TPSA) is 32.7 Å². The summed E-state index contributed by atoms with van der Waals surface area (Å²) in [5, 5.41) is 11.4. The van der Waals surface area contributed by atoms with Crippen molar-refractivity contribution in [3.05, 3.63) is 64.7 Å². The molecule has 3 nitrogen and oxygen atoms in total. The highest BCUT2D eigenvalue weighted by Crippen LogP contribution is 2.25. The lowest BCUT2D eigenvalue weighted by atomic mass is 9.93. The van der Waals surface area contributed by atoms with Gasteiger partial charge in [-0.25, -0.2) is 8.78 Å². The minimum atomic E-state index is -1.04. The van der Waals surface area contributed by atoms with Gasteiger partial charge in [0, 0.05) is 23.7 Å². The summed E-state index contributed by atoms with van der Waals surface area (Å²) in [6, 6.07) is 10.4. The fourth-order valence-electron chi connectivity index (χ4n) is 3.14. The van der Waals surface area contributed by atoms with Gasteiger partial charge in [-0.05, 0) is 55.8 Å². The maximum absolute atomic E-state index is 13.8. The van der Waals surface area contributed by atoms with Gasteiger partial charge in [-0.3, -0.25) is 4.90 Å². The lowest BCUT2D eigenvalue weighted by Crippen LogP contribution is -2.51. The van der Waals surface area contributed by atoms with Crippen LogP contribution in [0.2, 0.25) is 5.02 Å². The number of rotatable bonds is 5. The molecular formula is C19H20ClF2NO2. The summed E-state index contributed by atoms with van der Waals surface area (Å²) >= 11 is 5.93. The fourth-order valence-corrected chi connectivity index (χ4v) is 3.32. The molecule has 1 atom stereocenters. The van der Waals surface area contributed by atoms with Crippen LogP contribution in [0.25, 0.3) is 0 Å². The zero-order valence-electron chi connectivity index (χ0n) is 13.7. The number of ether oxygens (including phenoxy) is 1. The van der Waals surface area contributed by atoms with Gasteiger partial charge in [0.25, 0.3) is 0 Å². The van der Waals surface area contributed by atoms with Crippen molar-refractivity contribution in [3.63, 3.8) is 0 Å². The van der Waals surface area contributed by atoms with E-state index >= 15 is 0 Å². The number of benzene rings is 2. The third-order valence-electron chi connectivity index (χ3n) is 4.34. The third-order valence-corrected chi connectivity index (χ3v) is 4.57. The predicted molar refractivity (Wildman–Crippen MR) is 92.8 cm³/mol. The summed E-state index contributed by atoms with van der Waals surface area (Å²) in [6.07, 6.45) is 1.35. The van der Waals surface area contributed by atoms with Crippen LogP contribution in [0, 0.1) is 11.6 Å². The van der Waals surface area contributed by atoms with Crippen molar-refractivity contribution < 1.29 is 18.6 Å². The Morgan fingerprint density at radius 1 is 1.20 bits per heavy atom. The van der Waals surface area contributed by atoms with Crippen molar-refractivity contribution in [3.8, 4) is 5.75 Å². The molecule has 0 aliphatic carbocycles. The number of hydrogen-bond acceptors (Lipinski definition) is 3. The molecule has 0 spiro atoms. The number of halogens is 3. The van der Waals surface area contributed by atoms with Crippen LogP contribution in [0.15, 0.2) is 42.5 Å². The second kappa shape index (κ2) is 7.68. The Bertz CT molecular complexity index is 743. The van der Waals surface area contributed by atoms with Gasteiger partial charge in [0.05, 0.1) is 0 Å². The lowest BCUT2D eigenvalue weighted by Gasteiger charge is -2.39. The Morgan fingerprint density at radius 3 is 2.84 bits per heavy atom. The molecule has 1 aliphatic rings. The van der Waals surface area contributed by atoms with Crippen molar-refractivity contribution in [2.75, 3.05) is 19.7 Å². The van der Waals surface area contributed by atoms with Crippen molar-refractivity contribution in [1.29, 1.82) is 0 Å². The van der Waals surface area contributed by atoms with E-state index in [1.807, 2.05) is 4.90 Å². The number of hydrogen-bond donors (Lipinski definition) is 1. The zero-order valence-corrected chi connectivity index (χ0v) is 14.5. The average Bonchev–Trinajstić information content (AvgIpc) is 2.57. The summed E-state index contributed by atoms with van der Waals surface area (Å²) in [7, 11) is 0. The highest BCUT2D eigenvalue weighted by molar-refractivity contribution is 6.30. The molecule has 3 rings (SSSR count). The van der Waals surface area contributed by atoms with E-state index in [0.717, 1.165) is 25.1 Å². The maximum Gasteiger partial charge on any atom is 0.127 e. The zero-order chi connectivity index (χ0) is 17.9. The van der Waals surface area contributed by atoms with Crippen LogP contribution >= 0.6 is 11.6 Å². The monoisotopic (exact) mass is 367 g/mol. The van der Waals surface area contributed by atoms with Crippen molar-refractivity contribution in [2.45, 2.75) is 25.0 Å². The van der Waals surface area contributed by atoms with Gasteiger partial charge in [-0.2, -0.15) is 0 Å². The SMILES string of the molecule is OC1(COc2cccc(Cl)c2)CCCN(Cc2cc(F)ccc2F)C1. The lowest BCUT2D eigenvalue weighted by molar-refractivity contribution is -0.0623. The van der Waals surface area contributed by atoms with E-state index in [1.165, 1.54) is 6.07 Å². The molecule has 2 aromatic carbocycles. The fraction of sp³-hybridized carbons (Fsp3) is 0.368. The molecule has 25 heavy (non-hydrogen) atoms. The molecule has 1 unspecified atom stereocenters. The highest BCUT2D eigenvalue weighted by Gasteiger charge is 2.34. The number of likely N-dealkylation sites (tertiary alicyclic amines) is 1. The molecule has 1 heterocycles. The van der Waals surface area contributed by atoms with Crippen molar-refractivity contribution in [2.24, 2.45) is 0 Å². The first-order valence-corrected chi connectivity index (χ1v) is 8.58. The molecule has 0 bridgehead atoms. The summed E-state index contributed by atoms with van der Waals surface area (Å²) in [5.41, 5.74) is -0.746. The van der Waals surface area contributed by atoms with E-state index in [-0.39, 0.29) is 13.2 Å². The average molecular weight is 368 g/mol. The number of β-amino-alcohol motifs (C(OH)–C–C–N with tert-alkyl or cyclic N) is 1. The number of nitrogens with zero attached hydrogens (tertiary/aromatic N) is 1. The van der Waals surface area contributed by atoms with Crippen LogP contribution < -0.4 is 4.74 Å². The number of aliphatic hydroxyl groups is 1. The predicted octanol–water partition coefficient (Wildman–Crippen LogP) is 4.02. The van der Waals surface area contributed by atoms with Crippen LogP contribution in [0.1, 0.15) is 18.4 Å². The van der Waals surface area contributed by atoms with Crippen LogP contribution in [0.5, 0.6) is 5.75 Å². The first kappa shape index (κ1) is 18.1. The number of piperidine rings is 1. The molecular weight excluding hydrogens is 348 g/mol. The Morgan fingerprint density at radius 2 is 2.04 bits per heavy atom. The standard InChI is InChI=1S/C19H20ClF2NO2/c20-15-3-1-4-17(10-15)25-13-19(24)7-2-8-23(12-19)11-14-9-16(21)5-6-18(14)22/h1,3-6,9-10,24H,2,7-8,11-13H2. The quantitative estimate of drug-likeness (QED) is 0.866. The summed E-state index contributed by atoms with van der Waals surface area (Å²) < 4.78 is 32.8. The molecule has 134 valence electrons. The van der Waals surface area contributed by atoms with Crippen LogP contribution in [-0.2, 0) is 6.54 Å². The van der Waals surface area contributed by atoms with Gasteiger partial charge in [-0.1, -0.05) is 17.7 Å². The largest absolute Gasteiger partial charge is 0.490 e. The molecule has 1 fully saturated rings. The summed E-state index contributed by atoms with van der Waals surface area (Å²) in [6.45, 7) is 1.43. The van der Waals surface area contributed by atoms with Crippen LogP contribution in [0.3, 0.4) is 0 Å². The Kier molecular flexibility index (Phi) is 5.57. The first-order chi connectivity index (χ1) is 11.9. The normalized spacial score (nSPS) is 21.3. The van der Waals surface area contributed by atoms with E-state index < -0.39 is 17.2 Å². The van der Waals surface area contributed by atoms with E-state index in [2.05, 4.69) is 0 Å². The maximum atomic E-state index is 13.8. The molecule has 1 aliphatic heterocycles. The second-order valence-corrected chi connectivity index (χ2v) is 6.96. The molecule has 0 aromatic heterocycles. The Balaban J connectivity index is 1.62. The van der Waals surface area contributed by atoms with E-state index in [0.29, 0.717) is 29.3 Å². The van der Waals surface area contributed by atoms with Gasteiger partial charge in [0.1, 0.15) is 29.6 Å². The van der Waals surface area contributed by atoms with E-state index in [9.17, 15) is 13.9 Å². The molecule has 1 N–H and O–H groups in total. The molecule has 1 saturated heterocycles. The molecule has 0 amide bonds. The summed E-state index contributed by atoms with van der Waals surface area (Å²) in [5.74, 6) is -0.312. The smallest absolute Gasteiger partial charge is 0.127 e. The van der Waals surface area contributed by atoms with Gasteiger partial charge >= 0.3 is 0 Å². The molecule has 2 aromatic rings. The van der Waals surface area contributed by atoms with Gasteiger partial charge in [0.2, 0.25) is 0 Å². The van der Waals surface area contributed by atoms with Gasteiger partial charge in [-0.15, -0.1) is 0 Å². The van der Waals surface area contributed by atoms with Crippen molar-refractivity contribution >= 4 is 11.6 Å². The highest BCUT2D eigenvalue weighted by atomic mass is 35.5. The minimum Gasteiger partial charge on any atom is -0.490 e. The second-order valence-electron chi connectivity index (χ2n) is 6.52. The minimum absolute atomic E-state index is 0.121. The van der Waals surface area contributed by atoms with Crippen LogP contribution in [-0.4, -0.2) is 35.3 Å².